The minimum Gasteiger partial charge on any atom is -0.314 e. The second kappa shape index (κ2) is 7.23. The lowest BCUT2D eigenvalue weighted by Crippen LogP contribution is -2.25. The molecule has 0 aliphatic heterocycles. The van der Waals surface area contributed by atoms with E-state index in [9.17, 15) is 0 Å². The number of nitrogens with zero attached hydrogens (tertiary/aromatic N) is 2. The molecule has 0 fully saturated rings. The number of hydrogen-bond donors (Lipinski definition) is 1. The Morgan fingerprint density at radius 3 is 2.48 bits per heavy atom. The number of aryl methyl sites for hydroxylation is 1. The smallest absolute Gasteiger partial charge is 0.0662 e. The van der Waals surface area contributed by atoms with Gasteiger partial charge in [0.25, 0.3) is 0 Å². The van der Waals surface area contributed by atoms with E-state index in [0.29, 0.717) is 6.04 Å². The first-order valence-corrected chi connectivity index (χ1v) is 8.27. The first-order chi connectivity index (χ1) is 9.97. The van der Waals surface area contributed by atoms with Gasteiger partial charge in [-0.3, -0.25) is 4.68 Å². The van der Waals surface area contributed by atoms with Crippen LogP contribution in [0, 0.1) is 13.8 Å². The van der Waals surface area contributed by atoms with Crippen molar-refractivity contribution < 1.29 is 0 Å². The molecule has 21 heavy (non-hydrogen) atoms. The van der Waals surface area contributed by atoms with Crippen molar-refractivity contribution in [1.29, 1.82) is 0 Å². The second-order valence-electron chi connectivity index (χ2n) is 5.79. The van der Waals surface area contributed by atoms with Crippen LogP contribution in [0.15, 0.2) is 28.7 Å². The summed E-state index contributed by atoms with van der Waals surface area (Å²) in [5.74, 6) is 0. The number of rotatable bonds is 6. The highest BCUT2D eigenvalue weighted by Crippen LogP contribution is 2.16. The molecular formula is C17H24BrN3. The maximum Gasteiger partial charge on any atom is 0.0662 e. The van der Waals surface area contributed by atoms with Gasteiger partial charge < -0.3 is 5.32 Å². The van der Waals surface area contributed by atoms with Gasteiger partial charge in [0.2, 0.25) is 0 Å². The summed E-state index contributed by atoms with van der Waals surface area (Å²) < 4.78 is 3.23. The van der Waals surface area contributed by atoms with E-state index in [0.717, 1.165) is 29.7 Å². The molecule has 4 heteroatoms. The Labute approximate surface area is 135 Å². The second-order valence-corrected chi connectivity index (χ2v) is 6.71. The fourth-order valence-corrected chi connectivity index (χ4v) is 2.76. The largest absolute Gasteiger partial charge is 0.314 e. The van der Waals surface area contributed by atoms with Crippen LogP contribution in [-0.4, -0.2) is 22.4 Å². The average Bonchev–Trinajstić information content (AvgIpc) is 2.68. The highest BCUT2D eigenvalue weighted by Gasteiger charge is 2.11. The van der Waals surface area contributed by atoms with Crippen LogP contribution >= 0.6 is 15.9 Å². The van der Waals surface area contributed by atoms with Crippen LogP contribution in [-0.2, 0) is 13.0 Å². The standard InChI is InChI=1S/C17H24BrN3/c1-12(2)19-10-9-17-13(3)20-21(14(17)4)11-15-5-7-16(18)8-6-15/h5-8,12,19H,9-11H2,1-4H3. The maximum absolute atomic E-state index is 4.70. The fourth-order valence-electron chi connectivity index (χ4n) is 2.50. The van der Waals surface area contributed by atoms with E-state index in [1.165, 1.54) is 16.8 Å². The highest BCUT2D eigenvalue weighted by molar-refractivity contribution is 9.10. The first-order valence-electron chi connectivity index (χ1n) is 7.48. The van der Waals surface area contributed by atoms with Gasteiger partial charge >= 0.3 is 0 Å². The Kier molecular flexibility index (Phi) is 5.59. The normalized spacial score (nSPS) is 11.3. The van der Waals surface area contributed by atoms with E-state index in [1.54, 1.807) is 0 Å². The zero-order chi connectivity index (χ0) is 15.4. The molecule has 0 unspecified atom stereocenters. The quantitative estimate of drug-likeness (QED) is 0.858. The zero-order valence-corrected chi connectivity index (χ0v) is 14.9. The Balaban J connectivity index is 2.09. The van der Waals surface area contributed by atoms with Crippen molar-refractivity contribution in [2.75, 3.05) is 6.54 Å². The molecular weight excluding hydrogens is 326 g/mol. The molecule has 1 aromatic heterocycles. The van der Waals surface area contributed by atoms with Gasteiger partial charge in [-0.2, -0.15) is 5.10 Å². The summed E-state index contributed by atoms with van der Waals surface area (Å²) in [7, 11) is 0. The monoisotopic (exact) mass is 349 g/mol. The van der Waals surface area contributed by atoms with Gasteiger partial charge in [-0.05, 0) is 50.1 Å². The van der Waals surface area contributed by atoms with Gasteiger partial charge in [0, 0.05) is 16.2 Å². The third kappa shape index (κ3) is 4.42. The number of benzene rings is 1. The number of hydrogen-bond acceptors (Lipinski definition) is 2. The number of nitrogens with one attached hydrogen (secondary N) is 1. The molecule has 0 saturated carbocycles. The molecule has 1 N–H and O–H groups in total. The molecule has 0 bridgehead atoms. The summed E-state index contributed by atoms with van der Waals surface area (Å²) in [5, 5.41) is 8.17. The Morgan fingerprint density at radius 2 is 1.86 bits per heavy atom. The Morgan fingerprint density at radius 1 is 1.19 bits per heavy atom. The summed E-state index contributed by atoms with van der Waals surface area (Å²) in [6.45, 7) is 10.5. The lowest BCUT2D eigenvalue weighted by molar-refractivity contribution is 0.588. The predicted octanol–water partition coefficient (Wildman–Crippen LogP) is 3.85. The molecule has 0 aliphatic rings. The van der Waals surface area contributed by atoms with E-state index in [2.05, 4.69) is 77.9 Å². The van der Waals surface area contributed by atoms with Crippen molar-refractivity contribution in [2.45, 2.75) is 46.7 Å². The topological polar surface area (TPSA) is 29.9 Å². The van der Waals surface area contributed by atoms with Crippen molar-refractivity contribution in [3.63, 3.8) is 0 Å². The van der Waals surface area contributed by atoms with Crippen molar-refractivity contribution in [2.24, 2.45) is 0 Å². The molecule has 114 valence electrons. The third-order valence-electron chi connectivity index (χ3n) is 3.70. The van der Waals surface area contributed by atoms with Crippen LogP contribution in [0.25, 0.3) is 0 Å². The predicted molar refractivity (Wildman–Crippen MR) is 91.8 cm³/mol. The summed E-state index contributed by atoms with van der Waals surface area (Å²) in [5.41, 5.74) is 5.08. The van der Waals surface area contributed by atoms with E-state index in [1.807, 2.05) is 0 Å². The summed E-state index contributed by atoms with van der Waals surface area (Å²) in [6.07, 6.45) is 1.04. The fraction of sp³-hybridized carbons (Fsp3) is 0.471. The van der Waals surface area contributed by atoms with E-state index < -0.39 is 0 Å². The van der Waals surface area contributed by atoms with E-state index in [4.69, 9.17) is 5.10 Å². The third-order valence-corrected chi connectivity index (χ3v) is 4.23. The minimum atomic E-state index is 0.531. The van der Waals surface area contributed by atoms with Crippen LogP contribution < -0.4 is 5.32 Å². The molecule has 0 aliphatic carbocycles. The molecule has 1 aromatic carbocycles. The van der Waals surface area contributed by atoms with E-state index in [-0.39, 0.29) is 0 Å². The van der Waals surface area contributed by atoms with Crippen molar-refractivity contribution in [3.8, 4) is 0 Å². The first kappa shape index (κ1) is 16.2. The lowest BCUT2D eigenvalue weighted by atomic mass is 10.1. The molecule has 0 saturated heterocycles. The van der Waals surface area contributed by atoms with E-state index >= 15 is 0 Å². The van der Waals surface area contributed by atoms with Gasteiger partial charge in [-0.1, -0.05) is 41.9 Å². The maximum atomic E-state index is 4.70. The summed E-state index contributed by atoms with van der Waals surface area (Å²) in [6, 6.07) is 8.97. The summed E-state index contributed by atoms with van der Waals surface area (Å²) >= 11 is 3.47. The van der Waals surface area contributed by atoms with Crippen molar-refractivity contribution >= 4 is 15.9 Å². The summed E-state index contributed by atoms with van der Waals surface area (Å²) in [4.78, 5) is 0. The molecule has 0 spiro atoms. The molecule has 2 rings (SSSR count). The van der Waals surface area contributed by atoms with Gasteiger partial charge in [-0.25, -0.2) is 0 Å². The molecule has 0 amide bonds. The molecule has 0 radical (unpaired) electrons. The molecule has 0 atom stereocenters. The Hall–Kier alpha value is -1.13. The SMILES string of the molecule is Cc1nn(Cc2ccc(Br)cc2)c(C)c1CCNC(C)C. The molecule has 1 heterocycles. The van der Waals surface area contributed by atoms with Gasteiger partial charge in [-0.15, -0.1) is 0 Å². The molecule has 3 nitrogen and oxygen atoms in total. The van der Waals surface area contributed by atoms with Crippen LogP contribution in [0.1, 0.15) is 36.4 Å². The van der Waals surface area contributed by atoms with Crippen LogP contribution in [0.5, 0.6) is 0 Å². The minimum absolute atomic E-state index is 0.531. The number of halogens is 1. The lowest BCUT2D eigenvalue weighted by Gasteiger charge is -2.09. The van der Waals surface area contributed by atoms with Crippen LogP contribution in [0.3, 0.4) is 0 Å². The number of aromatic nitrogens is 2. The zero-order valence-electron chi connectivity index (χ0n) is 13.3. The van der Waals surface area contributed by atoms with Crippen LogP contribution in [0.2, 0.25) is 0 Å². The van der Waals surface area contributed by atoms with Gasteiger partial charge in [0.05, 0.1) is 12.2 Å². The highest BCUT2D eigenvalue weighted by atomic mass is 79.9. The van der Waals surface area contributed by atoms with Crippen molar-refractivity contribution in [3.05, 3.63) is 51.3 Å². The average molecular weight is 350 g/mol. The van der Waals surface area contributed by atoms with Crippen LogP contribution in [0.4, 0.5) is 0 Å². The molecule has 2 aromatic rings. The Bertz CT molecular complexity index is 585. The van der Waals surface area contributed by atoms with Crippen molar-refractivity contribution in [1.82, 2.24) is 15.1 Å². The van der Waals surface area contributed by atoms with Gasteiger partial charge in [0.1, 0.15) is 0 Å². The van der Waals surface area contributed by atoms with Gasteiger partial charge in [0.15, 0.2) is 0 Å².